The van der Waals surface area contributed by atoms with Gasteiger partial charge in [-0.1, -0.05) is 17.7 Å². The van der Waals surface area contributed by atoms with Gasteiger partial charge in [-0.3, -0.25) is 0 Å². The summed E-state index contributed by atoms with van der Waals surface area (Å²) in [6.45, 7) is 8.01. The van der Waals surface area contributed by atoms with Gasteiger partial charge in [-0.2, -0.15) is 0 Å². The molecule has 1 saturated heterocycles. The Hall–Kier alpha value is -1.08. The van der Waals surface area contributed by atoms with Crippen molar-refractivity contribution in [3.63, 3.8) is 0 Å². The van der Waals surface area contributed by atoms with Crippen LogP contribution in [-0.2, 0) is 9.31 Å². The number of nitrogen functional groups attached to an aromatic ring is 1. The molecule has 120 valence electrons. The number of hydrogen-bond acceptors (Lipinski definition) is 4. The third kappa shape index (κ3) is 3.15. The molecule has 1 heterocycles. The molecule has 4 N–H and O–H groups in total. The molecule has 0 spiro atoms. The molecule has 1 aromatic rings. The van der Waals surface area contributed by atoms with Gasteiger partial charge in [0.05, 0.1) is 16.9 Å². The highest BCUT2D eigenvalue weighted by Crippen LogP contribution is 2.39. The first-order chi connectivity index (χ1) is 10.1. The quantitative estimate of drug-likeness (QED) is 0.661. The minimum atomic E-state index is -0.601. The lowest BCUT2D eigenvalue weighted by Crippen LogP contribution is -2.41. The smallest absolute Gasteiger partial charge is 0.400 e. The van der Waals surface area contributed by atoms with E-state index in [0.29, 0.717) is 11.0 Å². The third-order valence-electron chi connectivity index (χ3n) is 4.26. The van der Waals surface area contributed by atoms with E-state index in [1.165, 1.54) is 6.07 Å². The van der Waals surface area contributed by atoms with Crippen LogP contribution in [0.5, 0.6) is 0 Å². The van der Waals surface area contributed by atoms with E-state index < -0.39 is 24.1 Å². The van der Waals surface area contributed by atoms with Crippen LogP contribution in [0.2, 0.25) is 5.02 Å². The summed E-state index contributed by atoms with van der Waals surface area (Å²) >= 11 is 5.88. The van der Waals surface area contributed by atoms with Gasteiger partial charge in [-0.15, -0.1) is 0 Å². The summed E-state index contributed by atoms with van der Waals surface area (Å²) in [5, 5.41) is 0.267. The van der Waals surface area contributed by atoms with Crippen LogP contribution in [0.1, 0.15) is 33.3 Å². The molecule has 1 aliphatic heterocycles. The lowest BCUT2D eigenvalue weighted by atomic mass is 9.77. The van der Waals surface area contributed by atoms with Crippen LogP contribution in [0.4, 0.5) is 10.1 Å². The van der Waals surface area contributed by atoms with Gasteiger partial charge in [0, 0.05) is 17.1 Å². The Bertz CT molecular complexity index is 604. The van der Waals surface area contributed by atoms with E-state index in [1.54, 1.807) is 12.1 Å². The van der Waals surface area contributed by atoms with Gasteiger partial charge in [0.2, 0.25) is 0 Å². The Morgan fingerprint density at radius 1 is 1.27 bits per heavy atom. The maximum absolute atomic E-state index is 13.7. The molecule has 4 nitrogen and oxygen atoms in total. The van der Waals surface area contributed by atoms with Crippen molar-refractivity contribution in [1.29, 1.82) is 0 Å². The molecule has 0 atom stereocenters. The number of halogens is 2. The fraction of sp³-hybridized carbons (Fsp3) is 0.467. The van der Waals surface area contributed by atoms with Crippen molar-refractivity contribution in [2.24, 2.45) is 5.73 Å². The molecule has 0 unspecified atom stereocenters. The van der Waals surface area contributed by atoms with Gasteiger partial charge in [-0.05, 0) is 45.3 Å². The van der Waals surface area contributed by atoms with Crippen LogP contribution in [0.15, 0.2) is 17.6 Å². The van der Waals surface area contributed by atoms with Gasteiger partial charge >= 0.3 is 7.12 Å². The van der Waals surface area contributed by atoms with Crippen molar-refractivity contribution in [3.05, 3.63) is 34.0 Å². The molecule has 0 saturated carbocycles. The molecule has 7 heteroatoms. The Kier molecular flexibility index (Phi) is 4.60. The first-order valence-corrected chi connectivity index (χ1v) is 7.46. The standard InChI is InChI=1S/C15H21BClFN2O2/c1-14(2)15(3,4)22-16(21-14)10(8-19)5-9-6-11(17)7-12(18)13(9)20/h5-7H,8,19-20H2,1-4H3. The van der Waals surface area contributed by atoms with E-state index in [9.17, 15) is 4.39 Å². The lowest BCUT2D eigenvalue weighted by Gasteiger charge is -2.32. The highest BCUT2D eigenvalue weighted by molar-refractivity contribution is 6.56. The number of nitrogens with two attached hydrogens (primary N) is 2. The Labute approximate surface area is 135 Å². The zero-order chi connectivity index (χ0) is 16.7. The largest absolute Gasteiger partial charge is 0.491 e. The zero-order valence-corrected chi connectivity index (χ0v) is 14.0. The van der Waals surface area contributed by atoms with Gasteiger partial charge in [0.1, 0.15) is 5.82 Å². The topological polar surface area (TPSA) is 70.5 Å². The normalized spacial score (nSPS) is 20.5. The summed E-state index contributed by atoms with van der Waals surface area (Å²) < 4.78 is 25.6. The van der Waals surface area contributed by atoms with E-state index in [0.717, 1.165) is 0 Å². The molecule has 22 heavy (non-hydrogen) atoms. The molecular weight excluding hydrogens is 305 g/mol. The average Bonchev–Trinajstić information content (AvgIpc) is 2.60. The van der Waals surface area contributed by atoms with Crippen molar-refractivity contribution in [3.8, 4) is 0 Å². The molecule has 0 amide bonds. The summed E-state index contributed by atoms with van der Waals surface area (Å²) in [4.78, 5) is 0. The predicted molar refractivity (Wildman–Crippen MR) is 88.9 cm³/mol. The second-order valence-electron chi connectivity index (χ2n) is 6.40. The molecule has 0 aliphatic carbocycles. The van der Waals surface area contributed by atoms with E-state index >= 15 is 0 Å². The molecule has 1 aromatic carbocycles. The van der Waals surface area contributed by atoms with E-state index in [1.807, 2.05) is 27.7 Å². The van der Waals surface area contributed by atoms with Crippen molar-refractivity contribution in [2.75, 3.05) is 12.3 Å². The van der Waals surface area contributed by atoms with Crippen LogP contribution >= 0.6 is 11.6 Å². The molecular formula is C15H21BClFN2O2. The summed E-state index contributed by atoms with van der Waals surface area (Å²) in [6.07, 6.45) is 1.67. The van der Waals surface area contributed by atoms with Crippen molar-refractivity contribution >= 4 is 30.5 Å². The van der Waals surface area contributed by atoms with Crippen LogP contribution in [0.3, 0.4) is 0 Å². The summed E-state index contributed by atoms with van der Waals surface area (Å²) in [7, 11) is -0.601. The first kappa shape index (κ1) is 17.3. The summed E-state index contributed by atoms with van der Waals surface area (Å²) in [6, 6.07) is 2.76. The lowest BCUT2D eigenvalue weighted by molar-refractivity contribution is 0.00578. The second kappa shape index (κ2) is 5.85. The molecule has 2 rings (SSSR count). The Morgan fingerprint density at radius 3 is 2.32 bits per heavy atom. The monoisotopic (exact) mass is 326 g/mol. The summed E-state index contributed by atoms with van der Waals surface area (Å²) in [5.74, 6) is -0.566. The molecule has 1 aliphatic rings. The maximum Gasteiger partial charge on any atom is 0.491 e. The number of anilines is 1. The average molecular weight is 327 g/mol. The van der Waals surface area contributed by atoms with Crippen LogP contribution in [-0.4, -0.2) is 24.9 Å². The minimum Gasteiger partial charge on any atom is -0.400 e. The Balaban J connectivity index is 2.38. The van der Waals surface area contributed by atoms with Crippen molar-refractivity contribution < 1.29 is 13.7 Å². The van der Waals surface area contributed by atoms with E-state index in [-0.39, 0.29) is 17.3 Å². The summed E-state index contributed by atoms with van der Waals surface area (Å²) in [5.41, 5.74) is 11.8. The van der Waals surface area contributed by atoms with E-state index in [2.05, 4.69) is 0 Å². The fourth-order valence-corrected chi connectivity index (χ4v) is 2.35. The van der Waals surface area contributed by atoms with Crippen molar-refractivity contribution in [2.45, 2.75) is 38.9 Å². The molecule has 0 bridgehead atoms. The van der Waals surface area contributed by atoms with Gasteiger partial charge in [0.15, 0.2) is 0 Å². The number of rotatable bonds is 3. The van der Waals surface area contributed by atoms with Crippen LogP contribution in [0.25, 0.3) is 6.08 Å². The highest BCUT2D eigenvalue weighted by Gasteiger charge is 2.52. The Morgan fingerprint density at radius 2 is 1.82 bits per heavy atom. The van der Waals surface area contributed by atoms with Crippen LogP contribution < -0.4 is 11.5 Å². The first-order valence-electron chi connectivity index (χ1n) is 7.08. The van der Waals surface area contributed by atoms with Gasteiger partial charge in [0.25, 0.3) is 0 Å². The van der Waals surface area contributed by atoms with Crippen molar-refractivity contribution in [1.82, 2.24) is 0 Å². The third-order valence-corrected chi connectivity index (χ3v) is 4.48. The number of benzene rings is 1. The molecule has 0 aromatic heterocycles. The fourth-order valence-electron chi connectivity index (χ4n) is 2.14. The SMILES string of the molecule is CC1(C)OB(C(=Cc2cc(Cl)cc(F)c2N)CN)OC1(C)C. The van der Waals surface area contributed by atoms with Crippen LogP contribution in [0, 0.1) is 5.82 Å². The second-order valence-corrected chi connectivity index (χ2v) is 6.84. The number of hydrogen-bond donors (Lipinski definition) is 2. The maximum atomic E-state index is 13.7. The molecule has 1 fully saturated rings. The van der Waals surface area contributed by atoms with Gasteiger partial charge < -0.3 is 20.8 Å². The van der Waals surface area contributed by atoms with E-state index in [4.69, 9.17) is 32.4 Å². The van der Waals surface area contributed by atoms with Gasteiger partial charge in [-0.25, -0.2) is 4.39 Å². The minimum absolute atomic E-state index is 0.0202. The predicted octanol–water partition coefficient (Wildman–Crippen LogP) is 3.03. The highest BCUT2D eigenvalue weighted by atomic mass is 35.5. The molecule has 0 radical (unpaired) electrons. The zero-order valence-electron chi connectivity index (χ0n) is 13.2.